The van der Waals surface area contributed by atoms with Gasteiger partial charge in [-0.2, -0.15) is 0 Å². The van der Waals surface area contributed by atoms with Crippen LogP contribution in [0.25, 0.3) is 11.1 Å². The molecule has 126 valence electrons. The van der Waals surface area contributed by atoms with Crippen LogP contribution < -0.4 is 10.6 Å². The molecule has 1 unspecified atom stereocenters. The fraction of sp³-hybridized carbons (Fsp3) is 0.350. The molecule has 1 aliphatic rings. The predicted octanol–water partition coefficient (Wildman–Crippen LogP) is 3.79. The molecular formula is C20H24N2O2. The van der Waals surface area contributed by atoms with Gasteiger partial charge in [-0.05, 0) is 53.1 Å². The van der Waals surface area contributed by atoms with E-state index in [0.717, 1.165) is 18.5 Å². The minimum absolute atomic E-state index is 0.0505. The molecule has 1 aliphatic carbocycles. The Morgan fingerprint density at radius 3 is 2.62 bits per heavy atom. The Morgan fingerprint density at radius 2 is 1.88 bits per heavy atom. The largest absolute Gasteiger partial charge is 0.394 e. The van der Waals surface area contributed by atoms with Crippen LogP contribution in [0, 0.1) is 5.92 Å². The Hall–Kier alpha value is -2.33. The van der Waals surface area contributed by atoms with Gasteiger partial charge in [0, 0.05) is 5.69 Å². The van der Waals surface area contributed by atoms with Gasteiger partial charge in [-0.15, -0.1) is 0 Å². The normalized spacial score (nSPS) is 13.3. The van der Waals surface area contributed by atoms with Crippen molar-refractivity contribution in [2.24, 2.45) is 5.92 Å². The highest BCUT2D eigenvalue weighted by Crippen LogP contribution is 2.37. The molecule has 2 aromatic carbocycles. The fourth-order valence-electron chi connectivity index (χ4n) is 3.32. The van der Waals surface area contributed by atoms with E-state index in [9.17, 15) is 9.90 Å². The number of nitrogens with one attached hydrogen (secondary N) is 2. The van der Waals surface area contributed by atoms with Crippen LogP contribution in [0.2, 0.25) is 0 Å². The standard InChI is InChI=1S/C20H24N2O2/c1-13(2)9-17(12-23)22-20(24)21-16-7-8-19-15(11-16)10-14-5-3-4-6-18(14)19/h3-8,11,13,17,23H,9-10,12H2,1-2H3,(H2,21,22,24). The van der Waals surface area contributed by atoms with E-state index in [4.69, 9.17) is 0 Å². The van der Waals surface area contributed by atoms with E-state index < -0.39 is 0 Å². The summed E-state index contributed by atoms with van der Waals surface area (Å²) in [6, 6.07) is 13.9. The fourth-order valence-corrected chi connectivity index (χ4v) is 3.32. The Balaban J connectivity index is 1.67. The highest BCUT2D eigenvalue weighted by molar-refractivity contribution is 5.90. The van der Waals surface area contributed by atoms with Crippen LogP contribution in [0.5, 0.6) is 0 Å². The summed E-state index contributed by atoms with van der Waals surface area (Å²) in [7, 11) is 0. The van der Waals surface area contributed by atoms with Gasteiger partial charge in [-0.1, -0.05) is 44.2 Å². The number of carbonyl (C=O) groups excluding carboxylic acids is 1. The van der Waals surface area contributed by atoms with Crippen molar-refractivity contribution in [3.8, 4) is 11.1 Å². The lowest BCUT2D eigenvalue weighted by Gasteiger charge is -2.18. The molecule has 0 saturated carbocycles. The number of hydrogen-bond acceptors (Lipinski definition) is 2. The summed E-state index contributed by atoms with van der Waals surface area (Å²) in [5.74, 6) is 0.418. The van der Waals surface area contributed by atoms with Crippen LogP contribution in [0.1, 0.15) is 31.4 Å². The second-order valence-electron chi connectivity index (χ2n) is 6.81. The molecule has 3 N–H and O–H groups in total. The molecule has 0 aliphatic heterocycles. The van der Waals surface area contributed by atoms with Gasteiger partial charge in [0.15, 0.2) is 0 Å². The molecule has 0 saturated heterocycles. The first kappa shape index (κ1) is 16.5. The molecule has 0 spiro atoms. The maximum absolute atomic E-state index is 12.1. The number of aliphatic hydroxyl groups excluding tert-OH is 1. The zero-order valence-electron chi connectivity index (χ0n) is 14.2. The van der Waals surface area contributed by atoms with Crippen LogP contribution in [0.3, 0.4) is 0 Å². The van der Waals surface area contributed by atoms with Crippen LogP contribution in [0.15, 0.2) is 42.5 Å². The smallest absolute Gasteiger partial charge is 0.319 e. The highest BCUT2D eigenvalue weighted by atomic mass is 16.3. The van der Waals surface area contributed by atoms with E-state index in [1.54, 1.807) is 0 Å². The first-order valence-electron chi connectivity index (χ1n) is 8.46. The molecule has 1 atom stereocenters. The number of aliphatic hydroxyl groups is 1. The average molecular weight is 324 g/mol. The van der Waals surface area contributed by atoms with Crippen molar-refractivity contribution in [3.05, 3.63) is 53.6 Å². The van der Waals surface area contributed by atoms with E-state index >= 15 is 0 Å². The molecule has 2 aromatic rings. The predicted molar refractivity (Wildman–Crippen MR) is 97.2 cm³/mol. The summed E-state index contributed by atoms with van der Waals surface area (Å²) < 4.78 is 0. The summed E-state index contributed by atoms with van der Waals surface area (Å²) in [4.78, 5) is 12.1. The zero-order valence-corrected chi connectivity index (χ0v) is 14.2. The molecule has 0 fully saturated rings. The van der Waals surface area contributed by atoms with E-state index in [1.165, 1.54) is 22.3 Å². The number of hydrogen-bond donors (Lipinski definition) is 3. The first-order valence-corrected chi connectivity index (χ1v) is 8.46. The number of fused-ring (bicyclic) bond motifs is 3. The van der Waals surface area contributed by atoms with Crippen molar-refractivity contribution in [2.75, 3.05) is 11.9 Å². The second kappa shape index (κ2) is 7.05. The molecule has 0 heterocycles. The molecular weight excluding hydrogens is 300 g/mol. The molecule has 2 amide bonds. The van der Waals surface area contributed by atoms with Crippen molar-refractivity contribution in [3.63, 3.8) is 0 Å². The van der Waals surface area contributed by atoms with E-state index in [0.29, 0.717) is 5.92 Å². The van der Waals surface area contributed by atoms with Gasteiger partial charge >= 0.3 is 6.03 Å². The molecule has 4 heteroatoms. The summed E-state index contributed by atoms with van der Waals surface area (Å²) in [5.41, 5.74) is 5.85. The number of benzene rings is 2. The highest BCUT2D eigenvalue weighted by Gasteiger charge is 2.18. The van der Waals surface area contributed by atoms with E-state index in [-0.39, 0.29) is 18.7 Å². The monoisotopic (exact) mass is 324 g/mol. The van der Waals surface area contributed by atoms with Gasteiger partial charge in [0.1, 0.15) is 0 Å². The van der Waals surface area contributed by atoms with Gasteiger partial charge in [0.25, 0.3) is 0 Å². The second-order valence-corrected chi connectivity index (χ2v) is 6.81. The van der Waals surface area contributed by atoms with Gasteiger partial charge in [-0.3, -0.25) is 0 Å². The molecule has 0 aromatic heterocycles. The van der Waals surface area contributed by atoms with Crippen molar-refractivity contribution < 1.29 is 9.90 Å². The van der Waals surface area contributed by atoms with Crippen molar-refractivity contribution in [1.29, 1.82) is 0 Å². The first-order chi connectivity index (χ1) is 11.6. The quantitative estimate of drug-likeness (QED) is 0.669. The van der Waals surface area contributed by atoms with Crippen LogP contribution in [-0.2, 0) is 6.42 Å². The summed E-state index contributed by atoms with van der Waals surface area (Å²) in [5, 5.41) is 15.1. The SMILES string of the molecule is CC(C)CC(CO)NC(=O)Nc1ccc2c(c1)Cc1ccccc1-2. The Bertz CT molecular complexity index is 740. The topological polar surface area (TPSA) is 61.4 Å². The summed E-state index contributed by atoms with van der Waals surface area (Å²) >= 11 is 0. The van der Waals surface area contributed by atoms with Gasteiger partial charge < -0.3 is 15.7 Å². The lowest BCUT2D eigenvalue weighted by atomic mass is 10.0. The number of urea groups is 1. The Labute approximate surface area is 142 Å². The van der Waals surface area contributed by atoms with Crippen LogP contribution in [0.4, 0.5) is 10.5 Å². The van der Waals surface area contributed by atoms with Gasteiger partial charge in [0.05, 0.1) is 12.6 Å². The zero-order chi connectivity index (χ0) is 17.1. The van der Waals surface area contributed by atoms with Crippen molar-refractivity contribution >= 4 is 11.7 Å². The lowest BCUT2D eigenvalue weighted by Crippen LogP contribution is -2.40. The summed E-state index contributed by atoms with van der Waals surface area (Å²) in [6.45, 7) is 4.09. The molecule has 4 nitrogen and oxygen atoms in total. The number of rotatable bonds is 5. The van der Waals surface area contributed by atoms with Crippen LogP contribution in [-0.4, -0.2) is 23.8 Å². The Kier molecular flexibility index (Phi) is 4.86. The maximum atomic E-state index is 12.1. The minimum atomic E-state index is -0.273. The minimum Gasteiger partial charge on any atom is -0.394 e. The number of carbonyl (C=O) groups is 1. The van der Waals surface area contributed by atoms with E-state index in [2.05, 4.69) is 54.8 Å². The third-order valence-electron chi connectivity index (χ3n) is 4.36. The van der Waals surface area contributed by atoms with Gasteiger partial charge in [-0.25, -0.2) is 4.79 Å². The van der Waals surface area contributed by atoms with Crippen molar-refractivity contribution in [1.82, 2.24) is 5.32 Å². The third kappa shape index (κ3) is 3.60. The van der Waals surface area contributed by atoms with Crippen LogP contribution >= 0.6 is 0 Å². The average Bonchev–Trinajstić information content (AvgIpc) is 2.91. The van der Waals surface area contributed by atoms with Crippen molar-refractivity contribution in [2.45, 2.75) is 32.7 Å². The molecule has 24 heavy (non-hydrogen) atoms. The Morgan fingerprint density at radius 1 is 1.12 bits per heavy atom. The lowest BCUT2D eigenvalue weighted by molar-refractivity contribution is 0.214. The molecule has 0 radical (unpaired) electrons. The maximum Gasteiger partial charge on any atom is 0.319 e. The number of anilines is 1. The van der Waals surface area contributed by atoms with E-state index in [1.807, 2.05) is 12.1 Å². The number of amides is 2. The molecule has 3 rings (SSSR count). The molecule has 0 bridgehead atoms. The van der Waals surface area contributed by atoms with Gasteiger partial charge in [0.2, 0.25) is 0 Å². The third-order valence-corrected chi connectivity index (χ3v) is 4.36. The summed E-state index contributed by atoms with van der Waals surface area (Å²) in [6.07, 6.45) is 1.65.